The number of fused-ring (bicyclic) bond motifs is 3. The van der Waals surface area contributed by atoms with E-state index in [0.29, 0.717) is 5.92 Å². The molecule has 1 aliphatic carbocycles. The summed E-state index contributed by atoms with van der Waals surface area (Å²) >= 11 is 0. The number of carbonyl (C=O) groups excluding carboxylic acids is 1. The van der Waals surface area contributed by atoms with Crippen molar-refractivity contribution in [3.63, 3.8) is 0 Å². The van der Waals surface area contributed by atoms with Gasteiger partial charge in [0.05, 0.1) is 11.7 Å². The Morgan fingerprint density at radius 1 is 1.40 bits per heavy atom. The zero-order valence-corrected chi connectivity index (χ0v) is 14.6. The van der Waals surface area contributed by atoms with Gasteiger partial charge in [-0.3, -0.25) is 4.40 Å². The van der Waals surface area contributed by atoms with Gasteiger partial charge in [-0.2, -0.15) is 0 Å². The number of hydrogen-bond donors (Lipinski definition) is 1. The van der Waals surface area contributed by atoms with Gasteiger partial charge in [-0.1, -0.05) is 13.3 Å². The lowest BCUT2D eigenvalue weighted by Gasteiger charge is -2.16. The molecule has 3 aromatic heterocycles. The minimum absolute atomic E-state index is 0.0826. The van der Waals surface area contributed by atoms with Crippen LogP contribution in [0.15, 0.2) is 18.5 Å². The highest BCUT2D eigenvalue weighted by atomic mass is 16.6. The van der Waals surface area contributed by atoms with E-state index >= 15 is 0 Å². The first-order valence-corrected chi connectivity index (χ1v) is 8.63. The van der Waals surface area contributed by atoms with Gasteiger partial charge in [0.15, 0.2) is 11.3 Å². The fourth-order valence-electron chi connectivity index (χ4n) is 3.82. The van der Waals surface area contributed by atoms with Crippen molar-refractivity contribution in [1.82, 2.24) is 29.5 Å². The van der Waals surface area contributed by atoms with Crippen molar-refractivity contribution in [2.24, 2.45) is 5.92 Å². The molecule has 0 spiro atoms. The largest absolute Gasteiger partial charge is 0.446 e. The Balaban J connectivity index is 1.70. The molecule has 3 aromatic rings. The van der Waals surface area contributed by atoms with Crippen LogP contribution in [0, 0.1) is 5.92 Å². The summed E-state index contributed by atoms with van der Waals surface area (Å²) in [5.41, 5.74) is 2.53. The summed E-state index contributed by atoms with van der Waals surface area (Å²) in [6.45, 7) is 2.17. The van der Waals surface area contributed by atoms with Crippen LogP contribution in [0.25, 0.3) is 16.8 Å². The van der Waals surface area contributed by atoms with Crippen molar-refractivity contribution in [1.29, 1.82) is 0 Å². The first-order valence-electron chi connectivity index (χ1n) is 8.63. The summed E-state index contributed by atoms with van der Waals surface area (Å²) in [7, 11) is 3.40. The molecule has 0 radical (unpaired) electrons. The van der Waals surface area contributed by atoms with Crippen LogP contribution in [-0.2, 0) is 4.74 Å². The second-order valence-electron chi connectivity index (χ2n) is 6.87. The number of carbonyl (C=O) groups is 1. The van der Waals surface area contributed by atoms with Crippen LogP contribution in [0.5, 0.6) is 0 Å². The highest BCUT2D eigenvalue weighted by Crippen LogP contribution is 2.42. The van der Waals surface area contributed by atoms with Gasteiger partial charge in [0, 0.05) is 26.2 Å². The number of aromatic nitrogens is 5. The molecule has 1 aliphatic rings. The molecule has 25 heavy (non-hydrogen) atoms. The van der Waals surface area contributed by atoms with Gasteiger partial charge in [0.2, 0.25) is 0 Å². The van der Waals surface area contributed by atoms with Crippen molar-refractivity contribution in [3.05, 3.63) is 24.3 Å². The molecule has 1 fully saturated rings. The summed E-state index contributed by atoms with van der Waals surface area (Å²) in [5.74, 6) is 1.55. The molecule has 1 N–H and O–H groups in total. The lowest BCUT2D eigenvalue weighted by Crippen LogP contribution is -2.27. The zero-order chi connectivity index (χ0) is 17.6. The van der Waals surface area contributed by atoms with Crippen LogP contribution >= 0.6 is 0 Å². The van der Waals surface area contributed by atoms with Crippen molar-refractivity contribution in [2.75, 3.05) is 14.1 Å². The van der Waals surface area contributed by atoms with Crippen LogP contribution in [0.3, 0.4) is 0 Å². The van der Waals surface area contributed by atoms with Crippen LogP contribution < -0.4 is 0 Å². The number of amides is 1. The van der Waals surface area contributed by atoms with E-state index < -0.39 is 0 Å². The molecule has 8 nitrogen and oxygen atoms in total. The summed E-state index contributed by atoms with van der Waals surface area (Å²) in [4.78, 5) is 20.9. The summed E-state index contributed by atoms with van der Waals surface area (Å²) in [6.07, 6.45) is 5.87. The predicted octanol–water partition coefficient (Wildman–Crippen LogP) is 2.58. The number of ether oxygens (including phenoxy) is 1. The molecular weight excluding hydrogens is 320 g/mol. The number of rotatable bonds is 3. The second-order valence-corrected chi connectivity index (χ2v) is 6.87. The zero-order valence-electron chi connectivity index (χ0n) is 14.6. The van der Waals surface area contributed by atoms with Crippen LogP contribution in [0.1, 0.15) is 37.9 Å². The van der Waals surface area contributed by atoms with E-state index in [4.69, 9.17) is 4.74 Å². The molecule has 4 rings (SSSR count). The van der Waals surface area contributed by atoms with E-state index in [2.05, 4.69) is 31.5 Å². The third kappa shape index (κ3) is 2.61. The highest BCUT2D eigenvalue weighted by molar-refractivity contribution is 5.74. The second kappa shape index (κ2) is 6.02. The first-order chi connectivity index (χ1) is 12.1. The standard InChI is InChI=1S/C17H22N6O2/c1-4-10-7-11(25-17(24)22(2)3)8-12(10)16-21-20-14-9-19-15-13(23(14)16)5-6-18-15/h5-6,9-12,18H,4,7-8H2,1-3H3/t10-,11-,12+/m1/s1. The van der Waals surface area contributed by atoms with E-state index in [1.165, 1.54) is 4.90 Å². The lowest BCUT2D eigenvalue weighted by molar-refractivity contribution is 0.0753. The smallest absolute Gasteiger partial charge is 0.409 e. The number of H-pyrrole nitrogens is 1. The average molecular weight is 342 g/mol. The van der Waals surface area contributed by atoms with Crippen molar-refractivity contribution >= 4 is 22.9 Å². The van der Waals surface area contributed by atoms with Gasteiger partial charge in [0.25, 0.3) is 0 Å². The maximum Gasteiger partial charge on any atom is 0.409 e. The van der Waals surface area contributed by atoms with Crippen molar-refractivity contribution < 1.29 is 9.53 Å². The maximum atomic E-state index is 11.9. The van der Waals surface area contributed by atoms with Gasteiger partial charge in [-0.25, -0.2) is 9.78 Å². The summed E-state index contributed by atoms with van der Waals surface area (Å²) in [6, 6.07) is 1.99. The van der Waals surface area contributed by atoms with Gasteiger partial charge in [0.1, 0.15) is 11.9 Å². The minimum Gasteiger partial charge on any atom is -0.446 e. The number of nitrogens with one attached hydrogen (secondary N) is 1. The Kier molecular flexibility index (Phi) is 3.82. The summed E-state index contributed by atoms with van der Waals surface area (Å²) in [5, 5.41) is 8.76. The van der Waals surface area contributed by atoms with Crippen molar-refractivity contribution in [2.45, 2.75) is 38.2 Å². The van der Waals surface area contributed by atoms with Gasteiger partial charge in [-0.15, -0.1) is 10.2 Å². The van der Waals surface area contributed by atoms with E-state index in [-0.39, 0.29) is 18.1 Å². The molecular formula is C17H22N6O2. The van der Waals surface area contributed by atoms with Gasteiger partial charge in [-0.05, 0) is 24.8 Å². The Morgan fingerprint density at radius 2 is 2.24 bits per heavy atom. The molecule has 0 unspecified atom stereocenters. The van der Waals surface area contributed by atoms with E-state index in [1.54, 1.807) is 20.3 Å². The Labute approximate surface area is 145 Å². The Morgan fingerprint density at radius 3 is 3.00 bits per heavy atom. The lowest BCUT2D eigenvalue weighted by atomic mass is 9.93. The topological polar surface area (TPSA) is 88.4 Å². The quantitative estimate of drug-likeness (QED) is 0.790. The molecule has 0 aromatic carbocycles. The minimum atomic E-state index is -0.288. The van der Waals surface area contributed by atoms with E-state index in [1.807, 2.05) is 12.3 Å². The number of nitrogens with zero attached hydrogens (tertiary/aromatic N) is 5. The molecule has 8 heteroatoms. The fourth-order valence-corrected chi connectivity index (χ4v) is 3.82. The van der Waals surface area contributed by atoms with Gasteiger partial charge >= 0.3 is 6.09 Å². The number of aromatic amines is 1. The Hall–Kier alpha value is -2.64. The SMILES string of the molecule is CC[C@@H]1C[C@@H](OC(=O)N(C)C)C[C@@H]1c1nnc2cnc3[nH]ccc3n12. The monoisotopic (exact) mass is 342 g/mol. The molecule has 0 bridgehead atoms. The molecule has 0 aliphatic heterocycles. The molecule has 0 saturated heterocycles. The predicted molar refractivity (Wildman–Crippen MR) is 92.4 cm³/mol. The van der Waals surface area contributed by atoms with Crippen LogP contribution in [0.4, 0.5) is 4.79 Å². The van der Waals surface area contributed by atoms with E-state index in [9.17, 15) is 4.79 Å². The van der Waals surface area contributed by atoms with Crippen LogP contribution in [0.2, 0.25) is 0 Å². The molecule has 3 heterocycles. The number of hydrogen-bond acceptors (Lipinski definition) is 5. The molecule has 132 valence electrons. The first kappa shape index (κ1) is 15.9. The third-order valence-electron chi connectivity index (χ3n) is 5.11. The normalized spacial score (nSPS) is 23.4. The molecule has 1 amide bonds. The maximum absolute atomic E-state index is 11.9. The van der Waals surface area contributed by atoms with Gasteiger partial charge < -0.3 is 14.6 Å². The summed E-state index contributed by atoms with van der Waals surface area (Å²) < 4.78 is 7.70. The average Bonchev–Trinajstić information content (AvgIpc) is 3.30. The third-order valence-corrected chi connectivity index (χ3v) is 5.11. The van der Waals surface area contributed by atoms with Crippen molar-refractivity contribution in [3.8, 4) is 0 Å². The highest BCUT2D eigenvalue weighted by Gasteiger charge is 2.39. The fraction of sp³-hybridized carbons (Fsp3) is 0.529. The van der Waals surface area contributed by atoms with Crippen LogP contribution in [-0.4, -0.2) is 55.8 Å². The molecule has 3 atom stereocenters. The Bertz CT molecular complexity index is 914. The molecule has 1 saturated carbocycles. The van der Waals surface area contributed by atoms with E-state index in [0.717, 1.165) is 41.9 Å².